The molecule has 0 spiro atoms. The minimum absolute atomic E-state index is 0.121. The van der Waals surface area contributed by atoms with Crippen molar-refractivity contribution >= 4 is 12.1 Å². The van der Waals surface area contributed by atoms with Crippen molar-refractivity contribution < 1.29 is 4.79 Å². The Bertz CT molecular complexity index is 329. The minimum Gasteiger partial charge on any atom is -0.341 e. The van der Waals surface area contributed by atoms with Gasteiger partial charge in [-0.25, -0.2) is 0 Å². The first-order valence-corrected chi connectivity index (χ1v) is 7.04. The summed E-state index contributed by atoms with van der Waals surface area (Å²) in [6.45, 7) is 1.05. The Morgan fingerprint density at radius 1 is 1.33 bits per heavy atom. The Balaban J connectivity index is 2.01. The molecule has 0 aromatic heterocycles. The van der Waals surface area contributed by atoms with Crippen LogP contribution in [-0.4, -0.2) is 61.7 Å². The van der Waals surface area contributed by atoms with Gasteiger partial charge in [0.2, 0.25) is 5.91 Å². The van der Waals surface area contributed by atoms with Crippen molar-refractivity contribution in [3.63, 3.8) is 0 Å². The highest BCUT2D eigenvalue weighted by Crippen LogP contribution is 2.28. The lowest BCUT2D eigenvalue weighted by atomic mass is 9.84. The number of aliphatic imine (C=N–C) groups is 1. The molecular formula is C14H25N3O. The number of carbonyl (C=O) groups excluding carboxylic acids is 1. The van der Waals surface area contributed by atoms with Gasteiger partial charge in [-0.3, -0.25) is 9.69 Å². The van der Waals surface area contributed by atoms with Crippen LogP contribution < -0.4 is 0 Å². The highest BCUT2D eigenvalue weighted by molar-refractivity contribution is 5.83. The number of carbonyl (C=O) groups is 1. The van der Waals surface area contributed by atoms with Gasteiger partial charge in [-0.15, -0.1) is 0 Å². The van der Waals surface area contributed by atoms with Crippen LogP contribution in [0.15, 0.2) is 4.99 Å². The predicted octanol–water partition coefficient (Wildman–Crippen LogP) is 1.41. The summed E-state index contributed by atoms with van der Waals surface area (Å²) in [6.07, 6.45) is 7.84. The van der Waals surface area contributed by atoms with E-state index < -0.39 is 0 Å². The minimum atomic E-state index is 0.121. The van der Waals surface area contributed by atoms with Crippen molar-refractivity contribution in [3.05, 3.63) is 0 Å². The van der Waals surface area contributed by atoms with Crippen LogP contribution in [0.4, 0.5) is 0 Å². The second-order valence-electron chi connectivity index (χ2n) is 5.66. The zero-order chi connectivity index (χ0) is 13.1. The molecule has 102 valence electrons. The molecule has 0 aromatic carbocycles. The van der Waals surface area contributed by atoms with Crippen LogP contribution >= 0.6 is 0 Å². The zero-order valence-electron chi connectivity index (χ0n) is 11.8. The van der Waals surface area contributed by atoms with Crippen molar-refractivity contribution in [2.45, 2.75) is 44.2 Å². The predicted molar refractivity (Wildman–Crippen MR) is 74.0 cm³/mol. The lowest BCUT2D eigenvalue weighted by Crippen LogP contribution is -2.57. The van der Waals surface area contributed by atoms with Crippen LogP contribution in [0.25, 0.3) is 0 Å². The van der Waals surface area contributed by atoms with Gasteiger partial charge in [-0.2, -0.15) is 0 Å². The number of amides is 1. The summed E-state index contributed by atoms with van der Waals surface area (Å²) in [5.74, 6) is 0.744. The molecule has 18 heavy (non-hydrogen) atoms. The number of hydrogen-bond donors (Lipinski definition) is 0. The fourth-order valence-electron chi connectivity index (χ4n) is 3.21. The second-order valence-corrected chi connectivity index (χ2v) is 5.66. The quantitative estimate of drug-likeness (QED) is 0.711. The van der Waals surface area contributed by atoms with Crippen LogP contribution in [-0.2, 0) is 4.79 Å². The van der Waals surface area contributed by atoms with E-state index in [1.165, 1.54) is 19.3 Å². The number of nitrogens with zero attached hydrogens (tertiary/aromatic N) is 3. The first-order chi connectivity index (χ1) is 8.65. The summed E-state index contributed by atoms with van der Waals surface area (Å²) in [4.78, 5) is 20.7. The largest absolute Gasteiger partial charge is 0.341 e. The fraction of sp³-hybridized carbons (Fsp3) is 0.857. The standard InChI is InChI=1S/C14H25N3O/c1-15-10-11-6-4-5-7-12(11)17(3)14(18)13-8-9-16(13)2/h10-13H,4-9H2,1-3H3/b15-10+/t11?,12-,13+/m0/s1. The molecule has 0 radical (unpaired) electrons. The molecule has 1 saturated heterocycles. The molecule has 1 saturated carbocycles. The van der Waals surface area contributed by atoms with E-state index in [2.05, 4.69) is 9.89 Å². The molecule has 2 fully saturated rings. The van der Waals surface area contributed by atoms with Crippen molar-refractivity contribution in [1.29, 1.82) is 0 Å². The molecule has 4 nitrogen and oxygen atoms in total. The Kier molecular flexibility index (Phi) is 4.38. The molecule has 0 aromatic rings. The van der Waals surface area contributed by atoms with Gasteiger partial charge in [-0.05, 0) is 26.3 Å². The maximum absolute atomic E-state index is 12.4. The molecule has 4 heteroatoms. The molecule has 0 bridgehead atoms. The van der Waals surface area contributed by atoms with Crippen LogP contribution in [0, 0.1) is 5.92 Å². The van der Waals surface area contributed by atoms with Gasteiger partial charge in [0.25, 0.3) is 0 Å². The molecule has 3 atom stereocenters. The van der Waals surface area contributed by atoms with E-state index in [9.17, 15) is 4.79 Å². The molecule has 1 amide bonds. The Morgan fingerprint density at radius 2 is 2.06 bits per heavy atom. The van der Waals surface area contributed by atoms with Gasteiger partial charge in [0.15, 0.2) is 0 Å². The lowest BCUT2D eigenvalue weighted by Gasteiger charge is -2.43. The molecule has 2 rings (SSSR count). The van der Waals surface area contributed by atoms with Crippen LogP contribution in [0.2, 0.25) is 0 Å². The molecule has 1 heterocycles. The van der Waals surface area contributed by atoms with Gasteiger partial charge < -0.3 is 9.89 Å². The Labute approximate surface area is 110 Å². The summed E-state index contributed by atoms with van der Waals surface area (Å²) in [7, 11) is 5.83. The van der Waals surface area contributed by atoms with Crippen LogP contribution in [0.3, 0.4) is 0 Å². The average Bonchev–Trinajstić information content (AvgIpc) is 2.37. The van der Waals surface area contributed by atoms with E-state index in [-0.39, 0.29) is 6.04 Å². The number of hydrogen-bond acceptors (Lipinski definition) is 3. The average molecular weight is 251 g/mol. The van der Waals surface area contributed by atoms with Crippen LogP contribution in [0.5, 0.6) is 0 Å². The van der Waals surface area contributed by atoms with Crippen molar-refractivity contribution in [2.75, 3.05) is 27.7 Å². The highest BCUT2D eigenvalue weighted by Gasteiger charge is 2.37. The van der Waals surface area contributed by atoms with Gasteiger partial charge in [0.1, 0.15) is 0 Å². The number of likely N-dealkylation sites (N-methyl/N-ethyl adjacent to an activating group) is 2. The van der Waals surface area contributed by atoms with Gasteiger partial charge in [0, 0.05) is 38.8 Å². The third-order valence-corrected chi connectivity index (χ3v) is 4.54. The fourth-order valence-corrected chi connectivity index (χ4v) is 3.21. The molecule has 1 unspecified atom stereocenters. The summed E-state index contributed by atoms with van der Waals surface area (Å²) >= 11 is 0. The second kappa shape index (κ2) is 5.83. The monoisotopic (exact) mass is 251 g/mol. The van der Waals surface area contributed by atoms with E-state index in [0.717, 1.165) is 19.4 Å². The van der Waals surface area contributed by atoms with Crippen LogP contribution in [0.1, 0.15) is 32.1 Å². The molecular weight excluding hydrogens is 226 g/mol. The number of likely N-dealkylation sites (tertiary alicyclic amines) is 1. The number of rotatable bonds is 3. The van der Waals surface area contributed by atoms with E-state index in [4.69, 9.17) is 0 Å². The molecule has 1 aliphatic carbocycles. The SMILES string of the molecule is C/N=C/C1CCCC[C@@H]1N(C)C(=O)[C@H]1CCN1C. The zero-order valence-corrected chi connectivity index (χ0v) is 11.8. The third-order valence-electron chi connectivity index (χ3n) is 4.54. The van der Waals surface area contributed by atoms with Crippen molar-refractivity contribution in [2.24, 2.45) is 10.9 Å². The van der Waals surface area contributed by atoms with E-state index in [0.29, 0.717) is 17.9 Å². The van der Waals surface area contributed by atoms with Gasteiger partial charge in [-0.1, -0.05) is 12.8 Å². The third kappa shape index (κ3) is 2.58. The van der Waals surface area contributed by atoms with E-state index >= 15 is 0 Å². The normalized spacial score (nSPS) is 33.4. The van der Waals surface area contributed by atoms with Gasteiger partial charge >= 0.3 is 0 Å². The maximum atomic E-state index is 12.4. The summed E-state index contributed by atoms with van der Waals surface area (Å²) < 4.78 is 0. The van der Waals surface area contributed by atoms with Crippen molar-refractivity contribution in [1.82, 2.24) is 9.80 Å². The molecule has 1 aliphatic heterocycles. The Hall–Kier alpha value is -0.900. The highest BCUT2D eigenvalue weighted by atomic mass is 16.2. The smallest absolute Gasteiger partial charge is 0.239 e. The molecule has 0 N–H and O–H groups in total. The lowest BCUT2D eigenvalue weighted by molar-refractivity contribution is -0.142. The summed E-state index contributed by atoms with van der Waals surface area (Å²) in [5.41, 5.74) is 0. The van der Waals surface area contributed by atoms with Gasteiger partial charge in [0.05, 0.1) is 6.04 Å². The summed E-state index contributed by atoms with van der Waals surface area (Å²) in [5, 5.41) is 0. The first-order valence-electron chi connectivity index (χ1n) is 7.04. The van der Waals surface area contributed by atoms with E-state index in [1.807, 2.05) is 32.3 Å². The van der Waals surface area contributed by atoms with E-state index in [1.54, 1.807) is 0 Å². The summed E-state index contributed by atoms with van der Waals surface area (Å²) in [6, 6.07) is 0.472. The molecule has 2 aliphatic rings. The topological polar surface area (TPSA) is 35.9 Å². The maximum Gasteiger partial charge on any atom is 0.239 e. The first kappa shape index (κ1) is 13.5. The Morgan fingerprint density at radius 3 is 2.61 bits per heavy atom. The van der Waals surface area contributed by atoms with Crippen molar-refractivity contribution in [3.8, 4) is 0 Å².